The third kappa shape index (κ3) is 2.16. The summed E-state index contributed by atoms with van der Waals surface area (Å²) in [6, 6.07) is 18.5. The predicted molar refractivity (Wildman–Crippen MR) is 71.0 cm³/mol. The second-order valence-electron chi connectivity index (χ2n) is 4.55. The molecule has 0 bridgehead atoms. The Kier molecular flexibility index (Phi) is 3.78. The number of benzene rings is 2. The van der Waals surface area contributed by atoms with Crippen molar-refractivity contribution in [1.82, 2.24) is 0 Å². The van der Waals surface area contributed by atoms with Gasteiger partial charge in [-0.25, -0.2) is 0 Å². The topological polar surface area (TPSA) is 20.2 Å². The predicted octanol–water partition coefficient (Wildman–Crippen LogP) is 3.53. The molecule has 0 aliphatic carbocycles. The largest absolute Gasteiger partial charge is 0.380 e. The van der Waals surface area contributed by atoms with Gasteiger partial charge in [0.2, 0.25) is 0 Å². The van der Waals surface area contributed by atoms with Gasteiger partial charge in [-0.3, -0.25) is 4.39 Å². The fourth-order valence-corrected chi connectivity index (χ4v) is 2.23. The molecule has 0 fully saturated rings. The SMILES string of the molecule is CC(CF)C(O)(c1ccccc1)c1ccccc1. The average molecular weight is 244 g/mol. The lowest BCUT2D eigenvalue weighted by Gasteiger charge is -2.34. The Morgan fingerprint density at radius 1 is 0.944 bits per heavy atom. The van der Waals surface area contributed by atoms with E-state index in [0.29, 0.717) is 0 Å². The molecule has 0 saturated carbocycles. The van der Waals surface area contributed by atoms with Crippen molar-refractivity contribution in [2.75, 3.05) is 6.67 Å². The van der Waals surface area contributed by atoms with Gasteiger partial charge in [0, 0.05) is 5.92 Å². The quantitative estimate of drug-likeness (QED) is 0.872. The highest BCUT2D eigenvalue weighted by Crippen LogP contribution is 2.36. The molecule has 1 N–H and O–H groups in total. The van der Waals surface area contributed by atoms with Crippen molar-refractivity contribution in [3.8, 4) is 0 Å². The van der Waals surface area contributed by atoms with Crippen molar-refractivity contribution in [1.29, 1.82) is 0 Å². The lowest BCUT2D eigenvalue weighted by molar-refractivity contribution is 0.0135. The fraction of sp³-hybridized carbons (Fsp3) is 0.250. The summed E-state index contributed by atoms with van der Waals surface area (Å²) in [6.45, 7) is 1.15. The molecule has 0 aliphatic rings. The van der Waals surface area contributed by atoms with Crippen LogP contribution >= 0.6 is 0 Å². The molecule has 0 saturated heterocycles. The second-order valence-corrected chi connectivity index (χ2v) is 4.55. The van der Waals surface area contributed by atoms with Crippen LogP contribution in [0.25, 0.3) is 0 Å². The van der Waals surface area contributed by atoms with Gasteiger partial charge in [-0.2, -0.15) is 0 Å². The summed E-state index contributed by atoms with van der Waals surface area (Å²) < 4.78 is 13.1. The molecule has 1 atom stereocenters. The van der Waals surface area contributed by atoms with E-state index in [-0.39, 0.29) is 0 Å². The van der Waals surface area contributed by atoms with Gasteiger partial charge in [-0.1, -0.05) is 67.6 Å². The van der Waals surface area contributed by atoms with Crippen LogP contribution in [0.5, 0.6) is 0 Å². The molecule has 0 amide bonds. The first-order valence-corrected chi connectivity index (χ1v) is 6.09. The molecular formula is C16H17FO. The molecule has 94 valence electrons. The highest BCUT2D eigenvalue weighted by atomic mass is 19.1. The van der Waals surface area contributed by atoms with Crippen LogP contribution in [0.3, 0.4) is 0 Å². The van der Waals surface area contributed by atoms with Crippen LogP contribution in [0.15, 0.2) is 60.7 Å². The van der Waals surface area contributed by atoms with E-state index in [4.69, 9.17) is 0 Å². The maximum atomic E-state index is 13.1. The summed E-state index contributed by atoms with van der Waals surface area (Å²) in [5.41, 5.74) is 0.166. The molecule has 2 aromatic carbocycles. The molecule has 2 heteroatoms. The smallest absolute Gasteiger partial charge is 0.120 e. The molecule has 0 aliphatic heterocycles. The van der Waals surface area contributed by atoms with Crippen LogP contribution in [0.2, 0.25) is 0 Å². The number of hydrogen-bond donors (Lipinski definition) is 1. The van der Waals surface area contributed by atoms with Gasteiger partial charge in [0.15, 0.2) is 0 Å². The molecule has 2 aromatic rings. The van der Waals surface area contributed by atoms with Crippen LogP contribution < -0.4 is 0 Å². The maximum Gasteiger partial charge on any atom is 0.120 e. The standard InChI is InChI=1S/C16H17FO/c1-13(12-17)16(18,14-8-4-2-5-9-14)15-10-6-3-7-11-15/h2-11,13,18H,12H2,1H3. The summed E-state index contributed by atoms with van der Waals surface area (Å²) in [5, 5.41) is 11.0. The molecule has 0 radical (unpaired) electrons. The molecule has 18 heavy (non-hydrogen) atoms. The Morgan fingerprint density at radius 2 is 1.33 bits per heavy atom. The maximum absolute atomic E-state index is 13.1. The van der Waals surface area contributed by atoms with Gasteiger partial charge in [-0.05, 0) is 11.1 Å². The van der Waals surface area contributed by atoms with Crippen molar-refractivity contribution in [3.05, 3.63) is 71.8 Å². The van der Waals surface area contributed by atoms with Crippen LogP contribution in [0.1, 0.15) is 18.1 Å². The minimum absolute atomic E-state index is 0.498. The summed E-state index contributed by atoms with van der Waals surface area (Å²) in [7, 11) is 0. The minimum atomic E-state index is -1.28. The number of halogens is 1. The van der Waals surface area contributed by atoms with Crippen molar-refractivity contribution >= 4 is 0 Å². The Labute approximate surface area is 107 Å². The second kappa shape index (κ2) is 5.32. The summed E-state index contributed by atoms with van der Waals surface area (Å²) in [6.07, 6.45) is 0. The zero-order valence-corrected chi connectivity index (χ0v) is 10.4. The molecule has 1 unspecified atom stereocenters. The number of hydrogen-bond acceptors (Lipinski definition) is 1. The first kappa shape index (κ1) is 12.8. The van der Waals surface area contributed by atoms with Gasteiger partial charge in [0.1, 0.15) is 5.60 Å². The van der Waals surface area contributed by atoms with E-state index in [1.807, 2.05) is 60.7 Å². The first-order chi connectivity index (χ1) is 8.69. The Balaban J connectivity index is 2.55. The van der Waals surface area contributed by atoms with Gasteiger partial charge in [-0.15, -0.1) is 0 Å². The van der Waals surface area contributed by atoms with Crippen molar-refractivity contribution in [2.24, 2.45) is 5.92 Å². The highest BCUT2D eigenvalue weighted by Gasteiger charge is 2.37. The zero-order valence-electron chi connectivity index (χ0n) is 10.4. The third-order valence-corrected chi connectivity index (χ3v) is 3.37. The van der Waals surface area contributed by atoms with E-state index >= 15 is 0 Å². The van der Waals surface area contributed by atoms with E-state index in [1.165, 1.54) is 0 Å². The van der Waals surface area contributed by atoms with E-state index in [9.17, 15) is 9.50 Å². The zero-order chi connectivity index (χ0) is 13.0. The first-order valence-electron chi connectivity index (χ1n) is 6.09. The van der Waals surface area contributed by atoms with Crippen LogP contribution in [0, 0.1) is 5.92 Å². The monoisotopic (exact) mass is 244 g/mol. The van der Waals surface area contributed by atoms with Gasteiger partial charge in [0.05, 0.1) is 6.67 Å². The van der Waals surface area contributed by atoms with Gasteiger partial charge >= 0.3 is 0 Å². The molecule has 0 aromatic heterocycles. The minimum Gasteiger partial charge on any atom is -0.380 e. The molecule has 0 spiro atoms. The van der Waals surface area contributed by atoms with Crippen LogP contribution in [-0.4, -0.2) is 11.8 Å². The molecule has 0 heterocycles. The van der Waals surface area contributed by atoms with Crippen LogP contribution in [-0.2, 0) is 5.60 Å². The number of aliphatic hydroxyl groups is 1. The summed E-state index contributed by atoms with van der Waals surface area (Å²) >= 11 is 0. The Hall–Kier alpha value is -1.67. The summed E-state index contributed by atoms with van der Waals surface area (Å²) in [5.74, 6) is -0.498. The Morgan fingerprint density at radius 3 is 1.67 bits per heavy atom. The highest BCUT2D eigenvalue weighted by molar-refractivity contribution is 5.36. The molecule has 2 rings (SSSR count). The van der Waals surface area contributed by atoms with E-state index in [0.717, 1.165) is 11.1 Å². The van der Waals surface area contributed by atoms with Gasteiger partial charge in [0.25, 0.3) is 0 Å². The number of rotatable bonds is 4. The van der Waals surface area contributed by atoms with E-state index in [1.54, 1.807) is 6.92 Å². The third-order valence-electron chi connectivity index (χ3n) is 3.37. The lowest BCUT2D eigenvalue weighted by Crippen LogP contribution is -2.36. The average Bonchev–Trinajstić information content (AvgIpc) is 2.47. The lowest BCUT2D eigenvalue weighted by atomic mass is 9.77. The number of alkyl halides is 1. The fourth-order valence-electron chi connectivity index (χ4n) is 2.23. The molecule has 1 nitrogen and oxygen atoms in total. The van der Waals surface area contributed by atoms with E-state index < -0.39 is 18.2 Å². The van der Waals surface area contributed by atoms with Crippen LogP contribution in [0.4, 0.5) is 4.39 Å². The normalized spacial score (nSPS) is 13.3. The molecular weight excluding hydrogens is 227 g/mol. The van der Waals surface area contributed by atoms with Crippen molar-refractivity contribution in [3.63, 3.8) is 0 Å². The van der Waals surface area contributed by atoms with Crippen molar-refractivity contribution in [2.45, 2.75) is 12.5 Å². The van der Waals surface area contributed by atoms with Gasteiger partial charge < -0.3 is 5.11 Å². The van der Waals surface area contributed by atoms with Crippen molar-refractivity contribution < 1.29 is 9.50 Å². The summed E-state index contributed by atoms with van der Waals surface area (Å²) in [4.78, 5) is 0. The Bertz CT molecular complexity index is 441. The van der Waals surface area contributed by atoms with E-state index in [2.05, 4.69) is 0 Å².